The zero-order valence-electron chi connectivity index (χ0n) is 20.2. The van der Waals surface area contributed by atoms with Gasteiger partial charge >= 0.3 is 5.97 Å². The fraction of sp³-hybridized carbons (Fsp3) is 0.458. The first-order valence-electron chi connectivity index (χ1n) is 12.0. The number of aromatic nitrogens is 4. The molecular weight excluding hydrogens is 509 g/mol. The Balaban J connectivity index is 1.53. The van der Waals surface area contributed by atoms with Gasteiger partial charge in [0.1, 0.15) is 36.7 Å². The number of carbonyl (C=O) groups is 2. The van der Waals surface area contributed by atoms with Gasteiger partial charge in [-0.1, -0.05) is 0 Å². The number of hydrogen-bond donors (Lipinski definition) is 3. The van der Waals surface area contributed by atoms with Crippen LogP contribution in [0.5, 0.6) is 0 Å². The zero-order chi connectivity index (χ0) is 27.1. The third-order valence-corrected chi connectivity index (χ3v) is 7.08. The minimum absolute atomic E-state index is 0.0786. The van der Waals surface area contributed by atoms with Gasteiger partial charge in [-0.05, 0) is 31.0 Å². The molecule has 1 aliphatic heterocycles. The summed E-state index contributed by atoms with van der Waals surface area (Å²) in [5.41, 5.74) is -0.332. The van der Waals surface area contributed by atoms with E-state index in [4.69, 9.17) is 4.74 Å². The maximum atomic E-state index is 14.6. The molecule has 2 aromatic heterocycles. The first-order valence-corrected chi connectivity index (χ1v) is 12.0. The highest BCUT2D eigenvalue weighted by atomic mass is 19.1. The Hall–Kier alpha value is -3.78. The SMILES string of the molecule is COC(=O)[C@H]1C[C@@H](O)[C@H](Nc2ncnc3c2c(C(=O)N2C[C@@H](F)C[C@@H]2c2cc(F)ccc2F)nn3CO)C1. The van der Waals surface area contributed by atoms with Crippen LogP contribution in [0, 0.1) is 17.6 Å². The molecule has 3 heterocycles. The van der Waals surface area contributed by atoms with E-state index in [1.807, 2.05) is 0 Å². The molecule has 0 spiro atoms. The first-order chi connectivity index (χ1) is 18.2. The van der Waals surface area contributed by atoms with Crippen LogP contribution >= 0.6 is 0 Å². The summed E-state index contributed by atoms with van der Waals surface area (Å²) in [6.07, 6.45) is -1.10. The van der Waals surface area contributed by atoms with Gasteiger partial charge in [-0.25, -0.2) is 27.8 Å². The van der Waals surface area contributed by atoms with E-state index in [0.717, 1.165) is 27.8 Å². The van der Waals surface area contributed by atoms with Crippen molar-refractivity contribution in [3.63, 3.8) is 0 Å². The van der Waals surface area contributed by atoms with Crippen molar-refractivity contribution in [3.05, 3.63) is 47.4 Å². The van der Waals surface area contributed by atoms with E-state index in [0.29, 0.717) is 0 Å². The summed E-state index contributed by atoms with van der Waals surface area (Å²) in [5, 5.41) is 27.6. The highest BCUT2D eigenvalue weighted by Gasteiger charge is 2.41. The van der Waals surface area contributed by atoms with E-state index < -0.39 is 60.5 Å². The summed E-state index contributed by atoms with van der Waals surface area (Å²) in [5.74, 6) is -3.22. The number of amides is 1. The standard InChI is InChI=1S/C24H25F3N6O5/c1-38-24(37)11-4-16(18(35)5-11)30-21-19-20(31-33(10-34)22(19)29-9-28-21)23(36)32-8-13(26)7-17(32)14-6-12(25)2-3-15(14)27/h2-3,6,9,11,13,16-18,34-35H,4-5,7-8,10H2,1H3,(H,28,29,30)/t11-,13+,16-,17-,18-/m1/s1. The molecule has 1 aliphatic carbocycles. The van der Waals surface area contributed by atoms with Crippen LogP contribution in [0.25, 0.3) is 11.0 Å². The number of esters is 1. The molecule has 11 nitrogen and oxygen atoms in total. The van der Waals surface area contributed by atoms with Crippen molar-refractivity contribution in [2.75, 3.05) is 19.0 Å². The largest absolute Gasteiger partial charge is 0.469 e. The number of fused-ring (bicyclic) bond motifs is 1. The van der Waals surface area contributed by atoms with Crippen molar-refractivity contribution in [1.29, 1.82) is 0 Å². The molecule has 2 fully saturated rings. The number of anilines is 1. The van der Waals surface area contributed by atoms with Gasteiger partial charge in [0, 0.05) is 12.0 Å². The first kappa shape index (κ1) is 25.9. The van der Waals surface area contributed by atoms with Crippen LogP contribution in [0.3, 0.4) is 0 Å². The van der Waals surface area contributed by atoms with E-state index in [-0.39, 0.29) is 53.9 Å². The monoisotopic (exact) mass is 534 g/mol. The average molecular weight is 534 g/mol. The van der Waals surface area contributed by atoms with Crippen LogP contribution in [0.4, 0.5) is 19.0 Å². The van der Waals surface area contributed by atoms with Crippen molar-refractivity contribution in [3.8, 4) is 0 Å². The lowest BCUT2D eigenvalue weighted by atomic mass is 10.0. The number of nitrogens with one attached hydrogen (secondary N) is 1. The summed E-state index contributed by atoms with van der Waals surface area (Å²) in [6.45, 7) is -1.03. The summed E-state index contributed by atoms with van der Waals surface area (Å²) in [4.78, 5) is 35.1. The van der Waals surface area contributed by atoms with Crippen molar-refractivity contribution in [1.82, 2.24) is 24.6 Å². The van der Waals surface area contributed by atoms with Crippen molar-refractivity contribution in [2.24, 2.45) is 5.92 Å². The van der Waals surface area contributed by atoms with Crippen molar-refractivity contribution < 1.29 is 37.7 Å². The Morgan fingerprint density at radius 3 is 2.74 bits per heavy atom. The number of aliphatic hydroxyl groups excluding tert-OH is 2. The Bertz CT molecular complexity index is 1390. The molecule has 1 amide bonds. The number of nitrogens with zero attached hydrogens (tertiary/aromatic N) is 5. The Kier molecular flexibility index (Phi) is 6.92. The average Bonchev–Trinajstić information content (AvgIpc) is 3.59. The van der Waals surface area contributed by atoms with Crippen molar-refractivity contribution >= 4 is 28.7 Å². The van der Waals surface area contributed by atoms with E-state index in [1.165, 1.54) is 13.4 Å². The molecule has 3 N–H and O–H groups in total. The lowest BCUT2D eigenvalue weighted by molar-refractivity contribution is -0.145. The van der Waals surface area contributed by atoms with E-state index in [9.17, 15) is 33.0 Å². The highest BCUT2D eigenvalue weighted by molar-refractivity contribution is 6.08. The predicted octanol–water partition coefficient (Wildman–Crippen LogP) is 1.70. The van der Waals surface area contributed by atoms with Gasteiger partial charge in [-0.2, -0.15) is 5.10 Å². The van der Waals surface area contributed by atoms with E-state index >= 15 is 0 Å². The van der Waals surface area contributed by atoms with Gasteiger partial charge in [0.2, 0.25) is 0 Å². The van der Waals surface area contributed by atoms with Gasteiger partial charge < -0.3 is 25.2 Å². The van der Waals surface area contributed by atoms with E-state index in [1.54, 1.807) is 0 Å². The molecule has 3 aromatic rings. The molecule has 5 atom stereocenters. The molecule has 1 saturated carbocycles. The predicted molar refractivity (Wildman–Crippen MR) is 125 cm³/mol. The molecule has 1 saturated heterocycles. The zero-order valence-corrected chi connectivity index (χ0v) is 20.2. The molecule has 38 heavy (non-hydrogen) atoms. The Labute approximate surface area is 214 Å². The van der Waals surface area contributed by atoms with Gasteiger partial charge in [0.15, 0.2) is 11.3 Å². The number of benzene rings is 1. The second-order valence-electron chi connectivity index (χ2n) is 9.39. The van der Waals surface area contributed by atoms with Crippen LogP contribution in [0.2, 0.25) is 0 Å². The molecule has 0 unspecified atom stereocenters. The van der Waals surface area contributed by atoms with Crippen LogP contribution in [0.15, 0.2) is 24.5 Å². The number of halogens is 3. The summed E-state index contributed by atoms with van der Waals surface area (Å²) >= 11 is 0. The molecular formula is C24H25F3N6O5. The summed E-state index contributed by atoms with van der Waals surface area (Å²) in [6, 6.07) is 1.05. The number of hydrogen-bond acceptors (Lipinski definition) is 9. The molecule has 0 radical (unpaired) electrons. The number of likely N-dealkylation sites (tertiary alicyclic amines) is 1. The van der Waals surface area contributed by atoms with Crippen LogP contribution < -0.4 is 5.32 Å². The molecule has 2 aliphatic rings. The second kappa shape index (κ2) is 10.2. The topological polar surface area (TPSA) is 143 Å². The molecule has 1 aromatic carbocycles. The molecule has 202 valence electrons. The van der Waals surface area contributed by atoms with Gasteiger partial charge in [0.05, 0.1) is 43.1 Å². The normalized spacial score (nSPS) is 25.2. The maximum absolute atomic E-state index is 14.6. The van der Waals surface area contributed by atoms with Crippen LogP contribution in [-0.4, -0.2) is 78.7 Å². The lowest BCUT2D eigenvalue weighted by Gasteiger charge is -2.24. The maximum Gasteiger partial charge on any atom is 0.308 e. The van der Waals surface area contributed by atoms with Gasteiger partial charge in [-0.3, -0.25) is 9.59 Å². The van der Waals surface area contributed by atoms with Crippen LogP contribution in [-0.2, 0) is 16.3 Å². The van der Waals surface area contributed by atoms with Gasteiger partial charge in [-0.15, -0.1) is 0 Å². The van der Waals surface area contributed by atoms with Crippen LogP contribution in [0.1, 0.15) is 41.4 Å². The third kappa shape index (κ3) is 4.53. The lowest BCUT2D eigenvalue weighted by Crippen LogP contribution is -2.33. The molecule has 5 rings (SSSR count). The highest BCUT2D eigenvalue weighted by Crippen LogP contribution is 2.38. The molecule has 0 bridgehead atoms. The fourth-order valence-corrected chi connectivity index (χ4v) is 5.28. The summed E-state index contributed by atoms with van der Waals surface area (Å²) in [7, 11) is 1.26. The Morgan fingerprint density at radius 1 is 1.21 bits per heavy atom. The number of methoxy groups -OCH3 is 1. The van der Waals surface area contributed by atoms with Crippen molar-refractivity contribution in [2.45, 2.75) is 50.4 Å². The fourth-order valence-electron chi connectivity index (χ4n) is 5.28. The summed E-state index contributed by atoms with van der Waals surface area (Å²) < 4.78 is 48.8. The molecule has 14 heteroatoms. The minimum atomic E-state index is -1.49. The number of rotatable bonds is 6. The number of alkyl halides is 1. The quantitative estimate of drug-likeness (QED) is 0.403. The minimum Gasteiger partial charge on any atom is -0.469 e. The number of carbonyl (C=O) groups excluding carboxylic acids is 2. The number of ether oxygens (including phenoxy) is 1. The van der Waals surface area contributed by atoms with Gasteiger partial charge in [0.25, 0.3) is 5.91 Å². The van der Waals surface area contributed by atoms with E-state index in [2.05, 4.69) is 20.4 Å². The second-order valence-corrected chi connectivity index (χ2v) is 9.39. The third-order valence-electron chi connectivity index (χ3n) is 7.08. The smallest absolute Gasteiger partial charge is 0.308 e. The Morgan fingerprint density at radius 2 is 2.00 bits per heavy atom. The number of aliphatic hydroxyl groups is 2.